The maximum absolute atomic E-state index is 11.8. The van der Waals surface area contributed by atoms with E-state index in [-0.39, 0.29) is 24.3 Å². The molecule has 2 bridgehead atoms. The number of hydrogen-bond acceptors (Lipinski definition) is 3. The summed E-state index contributed by atoms with van der Waals surface area (Å²) in [5.41, 5.74) is 0. The zero-order chi connectivity index (χ0) is 12.3. The van der Waals surface area contributed by atoms with Crippen LogP contribution in [0.3, 0.4) is 0 Å². The molecule has 3 atom stereocenters. The summed E-state index contributed by atoms with van der Waals surface area (Å²) in [7, 11) is 0. The number of carboxylic acid groups (broad SMARTS) is 1. The third-order valence-corrected chi connectivity index (χ3v) is 3.56. The molecule has 0 spiro atoms. The minimum absolute atomic E-state index is 0.0215. The molecule has 2 heterocycles. The fraction of sp³-hybridized carbons (Fsp3) is 0.833. The van der Waals surface area contributed by atoms with Crippen LogP contribution >= 0.6 is 0 Å². The smallest absolute Gasteiger partial charge is 0.303 e. The Balaban J connectivity index is 1.60. The molecule has 0 aromatic rings. The van der Waals surface area contributed by atoms with Crippen molar-refractivity contribution in [3.05, 3.63) is 0 Å². The molecule has 5 heteroatoms. The number of amides is 1. The minimum atomic E-state index is -0.780. The van der Waals surface area contributed by atoms with Gasteiger partial charge in [0.25, 0.3) is 0 Å². The second-order valence-corrected chi connectivity index (χ2v) is 4.86. The van der Waals surface area contributed by atoms with E-state index >= 15 is 0 Å². The summed E-state index contributed by atoms with van der Waals surface area (Å²) in [5, 5.41) is 11.3. The second kappa shape index (κ2) is 5.49. The number of aliphatic carboxylic acids is 1. The minimum Gasteiger partial charge on any atom is -0.481 e. The zero-order valence-electron chi connectivity index (χ0n) is 9.85. The predicted molar refractivity (Wildman–Crippen MR) is 60.5 cm³/mol. The van der Waals surface area contributed by atoms with Crippen molar-refractivity contribution in [2.24, 2.45) is 5.92 Å². The number of fused-ring (bicyclic) bond motifs is 2. The molecule has 0 aliphatic carbocycles. The van der Waals surface area contributed by atoms with Gasteiger partial charge < -0.3 is 15.2 Å². The number of unbranched alkanes of at least 4 members (excludes halogenated alkanes) is 1. The largest absolute Gasteiger partial charge is 0.481 e. The van der Waals surface area contributed by atoms with Gasteiger partial charge in [0.15, 0.2) is 0 Å². The van der Waals surface area contributed by atoms with Crippen LogP contribution in [0.25, 0.3) is 0 Å². The Morgan fingerprint density at radius 1 is 1.29 bits per heavy atom. The number of carboxylic acids is 1. The van der Waals surface area contributed by atoms with Crippen LogP contribution in [0.1, 0.15) is 38.5 Å². The Morgan fingerprint density at radius 3 is 2.71 bits per heavy atom. The first-order valence-corrected chi connectivity index (χ1v) is 6.32. The highest BCUT2D eigenvalue weighted by Crippen LogP contribution is 2.38. The average Bonchev–Trinajstić information content (AvgIpc) is 2.89. The summed E-state index contributed by atoms with van der Waals surface area (Å²) in [6, 6.07) is 0. The van der Waals surface area contributed by atoms with Crippen molar-refractivity contribution < 1.29 is 19.4 Å². The summed E-state index contributed by atoms with van der Waals surface area (Å²) in [6.45, 7) is 0.569. The fourth-order valence-corrected chi connectivity index (χ4v) is 2.66. The predicted octanol–water partition coefficient (Wildman–Crippen LogP) is 0.925. The second-order valence-electron chi connectivity index (χ2n) is 4.86. The zero-order valence-corrected chi connectivity index (χ0v) is 9.85. The number of carbonyl (C=O) groups is 2. The number of rotatable bonds is 6. The first-order valence-electron chi connectivity index (χ1n) is 6.32. The lowest BCUT2D eigenvalue weighted by atomic mass is 9.88. The first-order chi connectivity index (χ1) is 8.16. The third-order valence-electron chi connectivity index (χ3n) is 3.56. The molecule has 2 rings (SSSR count). The maximum Gasteiger partial charge on any atom is 0.303 e. The molecule has 2 saturated heterocycles. The van der Waals surface area contributed by atoms with Gasteiger partial charge in [-0.25, -0.2) is 0 Å². The summed E-state index contributed by atoms with van der Waals surface area (Å²) in [5.74, 6) is -0.682. The van der Waals surface area contributed by atoms with Crippen LogP contribution in [0.5, 0.6) is 0 Å². The van der Waals surface area contributed by atoms with Gasteiger partial charge in [-0.3, -0.25) is 9.59 Å². The summed E-state index contributed by atoms with van der Waals surface area (Å²) >= 11 is 0. The Labute approximate surface area is 101 Å². The van der Waals surface area contributed by atoms with Crippen LogP contribution in [0.4, 0.5) is 0 Å². The lowest BCUT2D eigenvalue weighted by Crippen LogP contribution is -2.36. The van der Waals surface area contributed by atoms with Crippen LogP contribution in [-0.4, -0.2) is 35.7 Å². The molecule has 96 valence electrons. The molecular formula is C12H19NO4. The Morgan fingerprint density at radius 2 is 2.12 bits per heavy atom. The lowest BCUT2D eigenvalue weighted by Gasteiger charge is -2.17. The van der Waals surface area contributed by atoms with E-state index < -0.39 is 5.97 Å². The van der Waals surface area contributed by atoms with Gasteiger partial charge in [-0.2, -0.15) is 0 Å². The highest BCUT2D eigenvalue weighted by Gasteiger charge is 2.44. The van der Waals surface area contributed by atoms with Gasteiger partial charge in [0.2, 0.25) is 5.91 Å². The number of hydrogen-bond donors (Lipinski definition) is 2. The van der Waals surface area contributed by atoms with Crippen molar-refractivity contribution >= 4 is 11.9 Å². The molecule has 2 N–H and O–H groups in total. The van der Waals surface area contributed by atoms with Gasteiger partial charge in [0.1, 0.15) is 0 Å². The van der Waals surface area contributed by atoms with E-state index in [1.54, 1.807) is 0 Å². The van der Waals surface area contributed by atoms with Crippen LogP contribution in [0.15, 0.2) is 0 Å². The molecule has 17 heavy (non-hydrogen) atoms. The van der Waals surface area contributed by atoms with Crippen LogP contribution < -0.4 is 5.32 Å². The highest BCUT2D eigenvalue weighted by atomic mass is 16.5. The highest BCUT2D eigenvalue weighted by molar-refractivity contribution is 5.79. The van der Waals surface area contributed by atoms with Gasteiger partial charge >= 0.3 is 5.97 Å². The van der Waals surface area contributed by atoms with Gasteiger partial charge in [0.05, 0.1) is 18.1 Å². The number of ether oxygens (including phenoxy) is 1. The van der Waals surface area contributed by atoms with Crippen molar-refractivity contribution in [1.29, 1.82) is 0 Å². The molecule has 2 aliphatic heterocycles. The molecule has 0 aromatic heterocycles. The van der Waals surface area contributed by atoms with Crippen LogP contribution in [0.2, 0.25) is 0 Å². The molecule has 0 aromatic carbocycles. The normalized spacial score (nSPS) is 30.5. The fourth-order valence-electron chi connectivity index (χ4n) is 2.66. The van der Waals surface area contributed by atoms with E-state index in [2.05, 4.69) is 5.32 Å². The molecular weight excluding hydrogens is 222 g/mol. The van der Waals surface area contributed by atoms with E-state index in [9.17, 15) is 9.59 Å². The molecule has 3 unspecified atom stereocenters. The van der Waals surface area contributed by atoms with Crippen molar-refractivity contribution in [2.45, 2.75) is 50.7 Å². The molecule has 2 aliphatic rings. The van der Waals surface area contributed by atoms with E-state index in [0.29, 0.717) is 19.1 Å². The molecule has 0 radical (unpaired) electrons. The lowest BCUT2D eigenvalue weighted by molar-refractivity contribution is -0.137. The van der Waals surface area contributed by atoms with Crippen molar-refractivity contribution in [3.8, 4) is 0 Å². The Kier molecular flexibility index (Phi) is 3.99. The topological polar surface area (TPSA) is 75.6 Å². The van der Waals surface area contributed by atoms with Crippen LogP contribution in [-0.2, 0) is 14.3 Å². The van der Waals surface area contributed by atoms with Gasteiger partial charge in [-0.05, 0) is 32.1 Å². The monoisotopic (exact) mass is 241 g/mol. The van der Waals surface area contributed by atoms with Crippen molar-refractivity contribution in [3.63, 3.8) is 0 Å². The number of nitrogens with one attached hydrogen (secondary N) is 1. The molecule has 2 fully saturated rings. The summed E-state index contributed by atoms with van der Waals surface area (Å²) < 4.78 is 5.63. The third kappa shape index (κ3) is 3.19. The Bertz CT molecular complexity index is 305. The van der Waals surface area contributed by atoms with E-state index in [0.717, 1.165) is 25.7 Å². The molecule has 0 saturated carbocycles. The standard InChI is InChI=1S/C12H19NO4/c14-11(15)3-1-2-6-13-12(16)9-7-8-4-5-10(9)17-8/h8-10H,1-7H2,(H,13,16)(H,14,15). The number of carbonyl (C=O) groups excluding carboxylic acids is 1. The van der Waals surface area contributed by atoms with Crippen molar-refractivity contribution in [2.75, 3.05) is 6.54 Å². The van der Waals surface area contributed by atoms with E-state index in [4.69, 9.17) is 9.84 Å². The van der Waals surface area contributed by atoms with E-state index in [1.807, 2.05) is 0 Å². The summed E-state index contributed by atoms with van der Waals surface area (Å²) in [4.78, 5) is 22.1. The average molecular weight is 241 g/mol. The summed E-state index contributed by atoms with van der Waals surface area (Å²) in [6.07, 6.45) is 4.87. The van der Waals surface area contributed by atoms with E-state index in [1.165, 1.54) is 0 Å². The maximum atomic E-state index is 11.8. The first kappa shape index (κ1) is 12.4. The molecule has 5 nitrogen and oxygen atoms in total. The molecule has 1 amide bonds. The van der Waals surface area contributed by atoms with Crippen molar-refractivity contribution in [1.82, 2.24) is 5.32 Å². The van der Waals surface area contributed by atoms with Gasteiger partial charge in [-0.1, -0.05) is 0 Å². The SMILES string of the molecule is O=C(O)CCCCNC(=O)C1CC2CCC1O2. The van der Waals surface area contributed by atoms with Crippen LogP contribution in [0, 0.1) is 5.92 Å². The Hall–Kier alpha value is -1.10. The quantitative estimate of drug-likeness (QED) is 0.678. The van der Waals surface area contributed by atoms with Gasteiger partial charge in [0, 0.05) is 13.0 Å². The van der Waals surface area contributed by atoms with Gasteiger partial charge in [-0.15, -0.1) is 0 Å².